The lowest BCUT2D eigenvalue weighted by atomic mass is 10.1. The monoisotopic (exact) mass is 411 g/mol. The molecule has 1 N–H and O–H groups in total. The van der Waals surface area contributed by atoms with Crippen molar-refractivity contribution in [2.45, 2.75) is 36.8 Å². The molecule has 0 amide bonds. The zero-order chi connectivity index (χ0) is 20.1. The number of nitrogens with zero attached hydrogens (tertiary/aromatic N) is 3. The van der Waals surface area contributed by atoms with E-state index in [0.717, 1.165) is 47.3 Å². The molecule has 0 radical (unpaired) electrons. The fraction of sp³-hybridized carbons (Fsp3) is 0.364. The van der Waals surface area contributed by atoms with Gasteiger partial charge in [-0.3, -0.25) is 4.57 Å². The number of benzene rings is 2. The number of hydrogen-bond acceptors (Lipinski definition) is 6. The summed E-state index contributed by atoms with van der Waals surface area (Å²) in [5, 5.41) is 20.2. The summed E-state index contributed by atoms with van der Waals surface area (Å²) in [4.78, 5) is 0. The predicted molar refractivity (Wildman–Crippen MR) is 113 cm³/mol. The summed E-state index contributed by atoms with van der Waals surface area (Å²) < 4.78 is 13.2. The molecule has 1 saturated heterocycles. The van der Waals surface area contributed by atoms with Crippen LogP contribution in [0.2, 0.25) is 0 Å². The van der Waals surface area contributed by atoms with Gasteiger partial charge in [0, 0.05) is 17.9 Å². The van der Waals surface area contributed by atoms with Crippen molar-refractivity contribution in [2.75, 3.05) is 19.5 Å². The maximum atomic E-state index is 10.5. The SMILES string of the molecule is COc1ccc(-c2nnc(SC[C@@H](O)c3ccccc3)n2C[C@H]2CCCO2)cc1. The highest BCUT2D eigenvalue weighted by Gasteiger charge is 2.22. The molecule has 0 bridgehead atoms. The summed E-state index contributed by atoms with van der Waals surface area (Å²) in [6.45, 7) is 1.51. The molecular formula is C22H25N3O3S. The van der Waals surface area contributed by atoms with E-state index in [1.807, 2.05) is 54.6 Å². The standard InChI is InChI=1S/C22H25N3O3S/c1-27-18-11-9-17(10-12-18)21-23-24-22(25(21)14-19-8-5-13-28-19)29-15-20(26)16-6-3-2-4-7-16/h2-4,6-7,9-12,19-20,26H,5,8,13-15H2,1H3/t19-,20-/m1/s1. The Bertz CT molecular complexity index is 909. The maximum absolute atomic E-state index is 10.5. The van der Waals surface area contributed by atoms with Crippen molar-refractivity contribution in [3.05, 3.63) is 60.2 Å². The molecule has 29 heavy (non-hydrogen) atoms. The smallest absolute Gasteiger partial charge is 0.191 e. The van der Waals surface area contributed by atoms with Gasteiger partial charge in [-0.05, 0) is 42.7 Å². The second kappa shape index (κ2) is 9.43. The van der Waals surface area contributed by atoms with E-state index < -0.39 is 6.10 Å². The first-order valence-electron chi connectivity index (χ1n) is 9.79. The van der Waals surface area contributed by atoms with Gasteiger partial charge in [0.15, 0.2) is 11.0 Å². The Labute approximate surface area is 174 Å². The summed E-state index contributed by atoms with van der Waals surface area (Å²) in [6, 6.07) is 17.5. The van der Waals surface area contributed by atoms with Gasteiger partial charge in [-0.1, -0.05) is 42.1 Å². The van der Waals surface area contributed by atoms with Crippen LogP contribution in [0.4, 0.5) is 0 Å². The van der Waals surface area contributed by atoms with E-state index >= 15 is 0 Å². The maximum Gasteiger partial charge on any atom is 0.191 e. The molecule has 4 rings (SSSR count). The van der Waals surface area contributed by atoms with E-state index in [2.05, 4.69) is 14.8 Å². The number of hydrogen-bond donors (Lipinski definition) is 1. The normalized spacial score (nSPS) is 17.4. The number of rotatable bonds is 8. The topological polar surface area (TPSA) is 69.4 Å². The second-order valence-corrected chi connectivity index (χ2v) is 8.00. The Balaban J connectivity index is 1.56. The lowest BCUT2D eigenvalue weighted by Gasteiger charge is -2.16. The highest BCUT2D eigenvalue weighted by Crippen LogP contribution is 2.29. The van der Waals surface area contributed by atoms with Crippen LogP contribution < -0.4 is 4.74 Å². The van der Waals surface area contributed by atoms with Gasteiger partial charge >= 0.3 is 0 Å². The zero-order valence-electron chi connectivity index (χ0n) is 16.4. The quantitative estimate of drug-likeness (QED) is 0.566. The van der Waals surface area contributed by atoms with E-state index in [1.54, 1.807) is 7.11 Å². The van der Waals surface area contributed by atoms with Crippen molar-refractivity contribution in [1.82, 2.24) is 14.8 Å². The van der Waals surface area contributed by atoms with Gasteiger partial charge in [0.2, 0.25) is 0 Å². The molecule has 0 saturated carbocycles. The van der Waals surface area contributed by atoms with Gasteiger partial charge in [-0.2, -0.15) is 0 Å². The van der Waals surface area contributed by atoms with E-state index in [0.29, 0.717) is 12.3 Å². The van der Waals surface area contributed by atoms with Crippen LogP contribution >= 0.6 is 11.8 Å². The minimum absolute atomic E-state index is 0.168. The molecule has 2 atom stereocenters. The molecule has 3 aromatic rings. The lowest BCUT2D eigenvalue weighted by Crippen LogP contribution is -2.17. The number of aliphatic hydroxyl groups excluding tert-OH is 1. The fourth-order valence-electron chi connectivity index (χ4n) is 3.43. The molecule has 1 aromatic heterocycles. The average Bonchev–Trinajstić information content (AvgIpc) is 3.43. The van der Waals surface area contributed by atoms with Crippen LogP contribution in [0.15, 0.2) is 59.8 Å². The first-order chi connectivity index (χ1) is 14.2. The van der Waals surface area contributed by atoms with Gasteiger partial charge in [0.1, 0.15) is 5.75 Å². The van der Waals surface area contributed by atoms with Crippen LogP contribution in [-0.2, 0) is 11.3 Å². The average molecular weight is 412 g/mol. The van der Waals surface area contributed by atoms with Crippen LogP contribution in [0.1, 0.15) is 24.5 Å². The molecule has 0 unspecified atom stereocenters. The first-order valence-corrected chi connectivity index (χ1v) is 10.8. The van der Waals surface area contributed by atoms with Gasteiger partial charge in [-0.15, -0.1) is 10.2 Å². The minimum atomic E-state index is -0.557. The summed E-state index contributed by atoms with van der Waals surface area (Å²) in [6.07, 6.45) is 1.73. The van der Waals surface area contributed by atoms with Crippen LogP contribution in [-0.4, -0.2) is 45.4 Å². The highest BCUT2D eigenvalue weighted by molar-refractivity contribution is 7.99. The Kier molecular flexibility index (Phi) is 6.49. The van der Waals surface area contributed by atoms with E-state index in [4.69, 9.17) is 9.47 Å². The molecule has 1 aliphatic rings. The molecule has 0 aliphatic carbocycles. The van der Waals surface area contributed by atoms with Crippen LogP contribution in [0.5, 0.6) is 5.75 Å². The number of aliphatic hydroxyl groups is 1. The molecule has 2 aromatic carbocycles. The summed E-state index contributed by atoms with van der Waals surface area (Å²) >= 11 is 1.52. The number of aromatic nitrogens is 3. The zero-order valence-corrected chi connectivity index (χ0v) is 17.2. The fourth-order valence-corrected chi connectivity index (χ4v) is 4.35. The van der Waals surface area contributed by atoms with Crippen molar-refractivity contribution in [3.63, 3.8) is 0 Å². The van der Waals surface area contributed by atoms with Gasteiger partial charge in [-0.25, -0.2) is 0 Å². The Morgan fingerprint density at radius 2 is 1.97 bits per heavy atom. The first kappa shape index (κ1) is 19.9. The summed E-state index contributed by atoms with van der Waals surface area (Å²) in [7, 11) is 1.65. The molecule has 0 spiro atoms. The molecule has 7 heteroatoms. The lowest BCUT2D eigenvalue weighted by molar-refractivity contribution is 0.0953. The van der Waals surface area contributed by atoms with Crippen molar-refractivity contribution < 1.29 is 14.6 Å². The van der Waals surface area contributed by atoms with Gasteiger partial charge in [0.25, 0.3) is 0 Å². The third-order valence-corrected chi connectivity index (χ3v) is 6.07. The van der Waals surface area contributed by atoms with Crippen molar-refractivity contribution in [3.8, 4) is 17.1 Å². The van der Waals surface area contributed by atoms with Crippen LogP contribution in [0, 0.1) is 0 Å². The molecule has 152 valence electrons. The third-order valence-electron chi connectivity index (χ3n) is 5.03. The summed E-state index contributed by atoms with van der Waals surface area (Å²) in [5.74, 6) is 2.12. The van der Waals surface area contributed by atoms with E-state index in [-0.39, 0.29) is 6.10 Å². The van der Waals surface area contributed by atoms with Crippen molar-refractivity contribution in [1.29, 1.82) is 0 Å². The Morgan fingerprint density at radius 1 is 1.17 bits per heavy atom. The van der Waals surface area contributed by atoms with E-state index in [1.165, 1.54) is 11.8 Å². The molecule has 6 nitrogen and oxygen atoms in total. The van der Waals surface area contributed by atoms with Gasteiger partial charge in [0.05, 0.1) is 25.9 Å². The van der Waals surface area contributed by atoms with Crippen molar-refractivity contribution in [2.24, 2.45) is 0 Å². The number of thioether (sulfide) groups is 1. The Morgan fingerprint density at radius 3 is 2.66 bits per heavy atom. The predicted octanol–water partition coefficient (Wildman–Crippen LogP) is 3.96. The highest BCUT2D eigenvalue weighted by atomic mass is 32.2. The summed E-state index contributed by atoms with van der Waals surface area (Å²) in [5.41, 5.74) is 1.88. The third kappa shape index (κ3) is 4.80. The minimum Gasteiger partial charge on any atom is -0.497 e. The van der Waals surface area contributed by atoms with Crippen molar-refractivity contribution >= 4 is 11.8 Å². The van der Waals surface area contributed by atoms with E-state index in [9.17, 15) is 5.11 Å². The molecule has 1 fully saturated rings. The van der Waals surface area contributed by atoms with Crippen LogP contribution in [0.25, 0.3) is 11.4 Å². The molecule has 1 aliphatic heterocycles. The largest absolute Gasteiger partial charge is 0.497 e. The second-order valence-electron chi connectivity index (χ2n) is 7.02. The molecular weight excluding hydrogens is 386 g/mol. The van der Waals surface area contributed by atoms with Crippen LogP contribution in [0.3, 0.4) is 0 Å². The van der Waals surface area contributed by atoms with Gasteiger partial charge < -0.3 is 14.6 Å². The number of methoxy groups -OCH3 is 1. The molecule has 2 heterocycles. The number of ether oxygens (including phenoxy) is 2. The Hall–Kier alpha value is -2.35.